The third kappa shape index (κ3) is 3.23. The predicted molar refractivity (Wildman–Crippen MR) is 46.4 cm³/mol. The Labute approximate surface area is 76.3 Å². The Morgan fingerprint density at radius 3 is 2.62 bits per heavy atom. The summed E-state index contributed by atoms with van der Waals surface area (Å²) >= 11 is 0. The smallest absolute Gasteiger partial charge is 0.314 e. The quantitative estimate of drug-likeness (QED) is 0.666. The zero-order chi connectivity index (χ0) is 9.68. The molecule has 0 amide bonds. The van der Waals surface area contributed by atoms with Crippen molar-refractivity contribution in [2.24, 2.45) is 0 Å². The number of carbonyl (C=O) groups excluding carboxylic acids is 1. The van der Waals surface area contributed by atoms with E-state index in [1.807, 2.05) is 0 Å². The number of carbonyl (C=O) groups is 1. The third-order valence-electron chi connectivity index (χ3n) is 1.44. The summed E-state index contributed by atoms with van der Waals surface area (Å²) in [5, 5.41) is 0. The van der Waals surface area contributed by atoms with Gasteiger partial charge in [-0.15, -0.1) is 0 Å². The summed E-state index contributed by atoms with van der Waals surface area (Å²) < 4.78 is 17.1. The second-order valence-corrected chi connectivity index (χ2v) is 2.45. The molecule has 0 N–H and O–H groups in total. The fourth-order valence-electron chi connectivity index (χ4n) is 0.879. The number of benzene rings is 1. The maximum atomic E-state index is 12.4. The number of hydrogen-bond donors (Lipinski definition) is 0. The number of esters is 1. The van der Waals surface area contributed by atoms with E-state index in [-0.39, 0.29) is 5.82 Å². The van der Waals surface area contributed by atoms with Crippen molar-refractivity contribution in [2.75, 3.05) is 6.61 Å². The van der Waals surface area contributed by atoms with Gasteiger partial charge in [0, 0.05) is 0 Å². The van der Waals surface area contributed by atoms with Gasteiger partial charge in [0.05, 0.1) is 13.0 Å². The van der Waals surface area contributed by atoms with Gasteiger partial charge in [0.1, 0.15) is 5.82 Å². The van der Waals surface area contributed by atoms with Crippen molar-refractivity contribution in [3.63, 3.8) is 0 Å². The van der Waals surface area contributed by atoms with E-state index in [0.29, 0.717) is 12.2 Å². The molecule has 0 aliphatic carbocycles. The van der Waals surface area contributed by atoms with Crippen LogP contribution in [0, 0.1) is 12.2 Å². The molecule has 1 rings (SSSR count). The molecule has 0 aliphatic heterocycles. The highest BCUT2D eigenvalue weighted by molar-refractivity contribution is 5.83. The second-order valence-electron chi connectivity index (χ2n) is 2.45. The fourth-order valence-corrected chi connectivity index (χ4v) is 0.879. The summed E-state index contributed by atoms with van der Waals surface area (Å²) in [6.07, 6.45) is 1.32. The van der Waals surface area contributed by atoms with Crippen molar-refractivity contribution in [2.45, 2.75) is 6.92 Å². The number of hydrogen-bond acceptors (Lipinski definition) is 2. The van der Waals surface area contributed by atoms with Gasteiger partial charge in [0.25, 0.3) is 0 Å². The van der Waals surface area contributed by atoms with E-state index in [2.05, 4.69) is 4.74 Å². The van der Waals surface area contributed by atoms with Gasteiger partial charge in [-0.25, -0.2) is 4.39 Å². The maximum Gasteiger partial charge on any atom is 0.314 e. The standard InChI is InChI=1S/C10H10FO2/c1-2-13-10(12)7-8-3-5-9(11)6-4-8/h3-7H,2H2,1H3. The monoisotopic (exact) mass is 181 g/mol. The van der Waals surface area contributed by atoms with Crippen molar-refractivity contribution in [3.05, 3.63) is 42.1 Å². The molecule has 1 aromatic carbocycles. The highest BCUT2D eigenvalue weighted by Gasteiger charge is 2.03. The van der Waals surface area contributed by atoms with Crippen molar-refractivity contribution in [3.8, 4) is 0 Å². The molecule has 0 unspecified atom stereocenters. The lowest BCUT2D eigenvalue weighted by Gasteiger charge is -2.00. The van der Waals surface area contributed by atoms with Gasteiger partial charge < -0.3 is 4.74 Å². The van der Waals surface area contributed by atoms with Gasteiger partial charge in [0.2, 0.25) is 0 Å². The minimum Gasteiger partial charge on any atom is -0.465 e. The molecule has 13 heavy (non-hydrogen) atoms. The molecule has 0 saturated heterocycles. The van der Waals surface area contributed by atoms with E-state index in [4.69, 9.17) is 0 Å². The largest absolute Gasteiger partial charge is 0.465 e. The lowest BCUT2D eigenvalue weighted by molar-refractivity contribution is -0.138. The molecule has 0 spiro atoms. The van der Waals surface area contributed by atoms with Crippen LogP contribution in [0.2, 0.25) is 0 Å². The van der Waals surface area contributed by atoms with Crippen LogP contribution in [0.1, 0.15) is 12.5 Å². The normalized spacial score (nSPS) is 9.69. The topological polar surface area (TPSA) is 26.3 Å². The van der Waals surface area contributed by atoms with Crippen molar-refractivity contribution in [1.29, 1.82) is 0 Å². The minimum atomic E-state index is -0.408. The van der Waals surface area contributed by atoms with E-state index in [9.17, 15) is 9.18 Å². The third-order valence-corrected chi connectivity index (χ3v) is 1.44. The lowest BCUT2D eigenvalue weighted by Crippen LogP contribution is -2.04. The minimum absolute atomic E-state index is 0.319. The van der Waals surface area contributed by atoms with Gasteiger partial charge >= 0.3 is 5.97 Å². The van der Waals surface area contributed by atoms with Gasteiger partial charge in [-0.1, -0.05) is 12.1 Å². The van der Waals surface area contributed by atoms with E-state index in [1.54, 1.807) is 6.92 Å². The van der Waals surface area contributed by atoms with Gasteiger partial charge in [-0.05, 0) is 24.6 Å². The SMILES string of the molecule is CCOC(=O)[CH]c1ccc(F)cc1. The Morgan fingerprint density at radius 2 is 2.08 bits per heavy atom. The molecule has 0 bridgehead atoms. The molecule has 0 fully saturated rings. The van der Waals surface area contributed by atoms with Crippen molar-refractivity contribution in [1.82, 2.24) is 0 Å². The Hall–Kier alpha value is -1.38. The molecule has 0 aromatic heterocycles. The average molecular weight is 181 g/mol. The Morgan fingerprint density at radius 1 is 1.46 bits per heavy atom. The molecule has 0 atom stereocenters. The van der Waals surface area contributed by atoms with Crippen LogP contribution in [0.4, 0.5) is 4.39 Å². The van der Waals surface area contributed by atoms with Crippen LogP contribution < -0.4 is 0 Å². The van der Waals surface area contributed by atoms with Crippen LogP contribution in [-0.2, 0) is 9.53 Å². The second kappa shape index (κ2) is 4.60. The number of rotatable bonds is 3. The van der Waals surface area contributed by atoms with Gasteiger partial charge in [0.15, 0.2) is 0 Å². The predicted octanol–water partition coefficient (Wildman–Crippen LogP) is 1.94. The molecular weight excluding hydrogens is 171 g/mol. The zero-order valence-corrected chi connectivity index (χ0v) is 7.29. The van der Waals surface area contributed by atoms with Crippen LogP contribution in [0.3, 0.4) is 0 Å². The Kier molecular flexibility index (Phi) is 3.43. The van der Waals surface area contributed by atoms with Crippen LogP contribution in [0.25, 0.3) is 0 Å². The van der Waals surface area contributed by atoms with Crippen LogP contribution in [0.15, 0.2) is 24.3 Å². The van der Waals surface area contributed by atoms with Gasteiger partial charge in [-0.3, -0.25) is 4.79 Å². The summed E-state index contributed by atoms with van der Waals surface area (Å²) in [6.45, 7) is 2.08. The van der Waals surface area contributed by atoms with E-state index >= 15 is 0 Å². The fraction of sp³-hybridized carbons (Fsp3) is 0.200. The van der Waals surface area contributed by atoms with E-state index in [1.165, 1.54) is 30.7 Å². The maximum absolute atomic E-state index is 12.4. The van der Waals surface area contributed by atoms with E-state index in [0.717, 1.165) is 0 Å². The highest BCUT2D eigenvalue weighted by atomic mass is 19.1. The summed E-state index contributed by atoms with van der Waals surface area (Å²) in [5.74, 6) is -0.727. The molecule has 1 radical (unpaired) electrons. The molecule has 3 heteroatoms. The Balaban J connectivity index is 2.54. The number of ether oxygens (including phenoxy) is 1. The lowest BCUT2D eigenvalue weighted by atomic mass is 10.1. The summed E-state index contributed by atoms with van der Waals surface area (Å²) in [6, 6.07) is 5.63. The van der Waals surface area contributed by atoms with Crippen molar-refractivity contribution >= 4 is 5.97 Å². The molecule has 0 heterocycles. The van der Waals surface area contributed by atoms with Gasteiger partial charge in [-0.2, -0.15) is 0 Å². The van der Waals surface area contributed by atoms with Crippen LogP contribution in [-0.4, -0.2) is 12.6 Å². The molecule has 0 aliphatic rings. The van der Waals surface area contributed by atoms with E-state index < -0.39 is 5.97 Å². The van der Waals surface area contributed by atoms with Crippen LogP contribution >= 0.6 is 0 Å². The zero-order valence-electron chi connectivity index (χ0n) is 7.29. The first-order chi connectivity index (χ1) is 6.22. The summed E-state index contributed by atoms with van der Waals surface area (Å²) in [5.41, 5.74) is 0.639. The van der Waals surface area contributed by atoms with Crippen LogP contribution in [0.5, 0.6) is 0 Å². The Bertz CT molecular complexity index is 279. The molecular formula is C10H10FO2. The van der Waals surface area contributed by atoms with Crippen molar-refractivity contribution < 1.29 is 13.9 Å². The molecule has 1 aromatic rings. The molecule has 0 saturated carbocycles. The first kappa shape index (κ1) is 9.71. The first-order valence-electron chi connectivity index (χ1n) is 3.99. The average Bonchev–Trinajstić information content (AvgIpc) is 2.09. The number of halogens is 1. The molecule has 69 valence electrons. The summed E-state index contributed by atoms with van der Waals surface area (Å²) in [4.78, 5) is 10.9. The first-order valence-corrected chi connectivity index (χ1v) is 3.99. The molecule has 2 nitrogen and oxygen atoms in total. The summed E-state index contributed by atoms with van der Waals surface area (Å²) in [7, 11) is 0. The highest BCUT2D eigenvalue weighted by Crippen LogP contribution is 2.05.